The molecule has 0 fully saturated rings. The van der Waals surface area contributed by atoms with Gasteiger partial charge in [0, 0.05) is 0 Å². The zero-order chi connectivity index (χ0) is 17.7. The van der Waals surface area contributed by atoms with E-state index < -0.39 is 10.1 Å². The second kappa shape index (κ2) is 12.5. The van der Waals surface area contributed by atoms with Crippen LogP contribution in [0.5, 0.6) is 0 Å². The highest BCUT2D eigenvalue weighted by Gasteiger charge is 2.14. The van der Waals surface area contributed by atoms with Gasteiger partial charge in [-0.3, -0.25) is 4.18 Å². The molecule has 0 N–H and O–H groups in total. The minimum Gasteiger partial charge on any atom is -0.266 e. The van der Waals surface area contributed by atoms with Gasteiger partial charge >= 0.3 is 0 Å². The second-order valence-electron chi connectivity index (χ2n) is 6.50. The molecule has 3 nitrogen and oxygen atoms in total. The first kappa shape index (κ1) is 21.2. The molecule has 0 saturated heterocycles. The monoisotopic (exact) mass is 354 g/mol. The van der Waals surface area contributed by atoms with Crippen LogP contribution in [0.15, 0.2) is 29.2 Å². The predicted molar refractivity (Wildman–Crippen MR) is 101 cm³/mol. The second-order valence-corrected chi connectivity index (χ2v) is 8.11. The van der Waals surface area contributed by atoms with Crippen LogP contribution >= 0.6 is 0 Å². The molecule has 1 aromatic carbocycles. The third-order valence-corrected chi connectivity index (χ3v) is 5.59. The van der Waals surface area contributed by atoms with Gasteiger partial charge in [-0.05, 0) is 37.0 Å². The standard InChI is InChI=1S/C20H34O3S/c1-3-5-7-8-9-10-11-12-13-19-14-16-20(17-15-19)24(21,22)23-18-6-4-2/h14-17H,3-13,18H2,1-2H3. The van der Waals surface area contributed by atoms with E-state index in [9.17, 15) is 8.42 Å². The molecule has 0 aliphatic heterocycles. The van der Waals surface area contributed by atoms with Crippen molar-refractivity contribution in [2.24, 2.45) is 0 Å². The van der Waals surface area contributed by atoms with Gasteiger partial charge in [-0.25, -0.2) is 0 Å². The average Bonchev–Trinajstić information content (AvgIpc) is 2.58. The molecule has 4 heteroatoms. The van der Waals surface area contributed by atoms with E-state index in [1.165, 1.54) is 56.9 Å². The molecule has 0 aliphatic carbocycles. The Morgan fingerprint density at radius 1 is 0.750 bits per heavy atom. The minimum absolute atomic E-state index is 0.262. The fourth-order valence-corrected chi connectivity index (χ4v) is 3.61. The Morgan fingerprint density at radius 2 is 1.29 bits per heavy atom. The van der Waals surface area contributed by atoms with Gasteiger partial charge in [-0.15, -0.1) is 0 Å². The lowest BCUT2D eigenvalue weighted by molar-refractivity contribution is 0.311. The van der Waals surface area contributed by atoms with E-state index in [0.29, 0.717) is 0 Å². The van der Waals surface area contributed by atoms with Gasteiger partial charge in [0.25, 0.3) is 10.1 Å². The molecule has 0 saturated carbocycles. The first-order chi connectivity index (χ1) is 11.6. The Kier molecular flexibility index (Phi) is 11.0. The molecular formula is C20H34O3S. The summed E-state index contributed by atoms with van der Waals surface area (Å²) in [6.07, 6.45) is 13.2. The van der Waals surface area contributed by atoms with Crippen molar-refractivity contribution in [3.8, 4) is 0 Å². The summed E-state index contributed by atoms with van der Waals surface area (Å²) in [5.41, 5.74) is 1.20. The molecule has 0 aromatic heterocycles. The van der Waals surface area contributed by atoms with Gasteiger partial charge in [0.1, 0.15) is 0 Å². The largest absolute Gasteiger partial charge is 0.296 e. The number of benzene rings is 1. The SMILES string of the molecule is CCCCCCCCCCc1ccc(S(=O)(=O)OCCCC)cc1. The fraction of sp³-hybridized carbons (Fsp3) is 0.700. The summed E-state index contributed by atoms with van der Waals surface area (Å²) in [5, 5.41) is 0. The molecule has 0 spiro atoms. The Bertz CT molecular complexity index is 520. The summed E-state index contributed by atoms with van der Waals surface area (Å²) in [4.78, 5) is 0.262. The van der Waals surface area contributed by atoms with Gasteiger partial charge in [-0.2, -0.15) is 8.42 Å². The van der Waals surface area contributed by atoms with Crippen molar-refractivity contribution < 1.29 is 12.6 Å². The molecule has 0 atom stereocenters. The van der Waals surface area contributed by atoms with E-state index >= 15 is 0 Å². The van der Waals surface area contributed by atoms with E-state index in [1.54, 1.807) is 12.1 Å². The molecule has 0 heterocycles. The highest BCUT2D eigenvalue weighted by Crippen LogP contribution is 2.16. The predicted octanol–water partition coefficient (Wildman–Crippen LogP) is 5.88. The molecule has 1 rings (SSSR count). The lowest BCUT2D eigenvalue weighted by Crippen LogP contribution is -2.07. The Hall–Kier alpha value is -0.870. The summed E-state index contributed by atoms with van der Waals surface area (Å²) in [6.45, 7) is 4.52. The smallest absolute Gasteiger partial charge is 0.266 e. The highest BCUT2D eigenvalue weighted by atomic mass is 32.2. The molecule has 0 aliphatic rings. The number of hydrogen-bond donors (Lipinski definition) is 0. The van der Waals surface area contributed by atoms with Gasteiger partial charge in [0.15, 0.2) is 0 Å². The van der Waals surface area contributed by atoms with Crippen LogP contribution in [-0.4, -0.2) is 15.0 Å². The third kappa shape index (κ3) is 8.84. The molecular weight excluding hydrogens is 320 g/mol. The van der Waals surface area contributed by atoms with Crippen LogP contribution < -0.4 is 0 Å². The van der Waals surface area contributed by atoms with Gasteiger partial charge in [-0.1, -0.05) is 77.3 Å². The summed E-state index contributed by atoms with van der Waals surface area (Å²) in [7, 11) is -3.59. The van der Waals surface area contributed by atoms with Gasteiger partial charge in [0.2, 0.25) is 0 Å². The summed E-state index contributed by atoms with van der Waals surface area (Å²) >= 11 is 0. The number of hydrogen-bond acceptors (Lipinski definition) is 3. The van der Waals surface area contributed by atoms with Crippen molar-refractivity contribution >= 4 is 10.1 Å². The van der Waals surface area contributed by atoms with Crippen LogP contribution in [-0.2, 0) is 20.7 Å². The van der Waals surface area contributed by atoms with Crippen LogP contribution in [0.3, 0.4) is 0 Å². The Morgan fingerprint density at radius 3 is 1.88 bits per heavy atom. The lowest BCUT2D eigenvalue weighted by Gasteiger charge is -2.06. The Labute approximate surface area is 148 Å². The first-order valence-corrected chi connectivity index (χ1v) is 11.0. The van der Waals surface area contributed by atoms with Crippen molar-refractivity contribution in [3.05, 3.63) is 29.8 Å². The van der Waals surface area contributed by atoms with Crippen LogP contribution in [0.25, 0.3) is 0 Å². The topological polar surface area (TPSA) is 43.4 Å². The Balaban J connectivity index is 2.27. The zero-order valence-electron chi connectivity index (χ0n) is 15.4. The quantitative estimate of drug-likeness (QED) is 0.310. The van der Waals surface area contributed by atoms with Gasteiger partial charge < -0.3 is 0 Å². The maximum Gasteiger partial charge on any atom is 0.296 e. The lowest BCUT2D eigenvalue weighted by atomic mass is 10.0. The normalized spacial score (nSPS) is 11.8. The minimum atomic E-state index is -3.59. The van der Waals surface area contributed by atoms with Crippen molar-refractivity contribution in [3.63, 3.8) is 0 Å². The molecule has 24 heavy (non-hydrogen) atoms. The number of aryl methyl sites for hydroxylation is 1. The van der Waals surface area contributed by atoms with E-state index in [2.05, 4.69) is 6.92 Å². The molecule has 138 valence electrons. The van der Waals surface area contributed by atoms with E-state index in [1.807, 2.05) is 19.1 Å². The number of rotatable bonds is 14. The van der Waals surface area contributed by atoms with E-state index in [4.69, 9.17) is 4.18 Å². The van der Waals surface area contributed by atoms with Crippen molar-refractivity contribution in [1.29, 1.82) is 0 Å². The molecule has 0 radical (unpaired) electrons. The fourth-order valence-electron chi connectivity index (χ4n) is 2.67. The molecule has 0 unspecified atom stereocenters. The summed E-state index contributed by atoms with van der Waals surface area (Å²) in [5.74, 6) is 0. The highest BCUT2D eigenvalue weighted by molar-refractivity contribution is 7.86. The van der Waals surface area contributed by atoms with E-state index in [0.717, 1.165) is 19.3 Å². The maximum atomic E-state index is 12.0. The summed E-state index contributed by atoms with van der Waals surface area (Å²) in [6, 6.07) is 7.16. The van der Waals surface area contributed by atoms with E-state index in [-0.39, 0.29) is 11.5 Å². The molecule has 0 amide bonds. The van der Waals surface area contributed by atoms with Crippen molar-refractivity contribution in [1.82, 2.24) is 0 Å². The van der Waals surface area contributed by atoms with Crippen LogP contribution in [0.2, 0.25) is 0 Å². The van der Waals surface area contributed by atoms with Crippen LogP contribution in [0.1, 0.15) is 83.6 Å². The maximum absolute atomic E-state index is 12.0. The van der Waals surface area contributed by atoms with Crippen LogP contribution in [0.4, 0.5) is 0 Å². The third-order valence-electron chi connectivity index (χ3n) is 4.27. The van der Waals surface area contributed by atoms with Gasteiger partial charge in [0.05, 0.1) is 11.5 Å². The molecule has 1 aromatic rings. The first-order valence-electron chi connectivity index (χ1n) is 9.58. The van der Waals surface area contributed by atoms with Crippen molar-refractivity contribution in [2.45, 2.75) is 89.4 Å². The van der Waals surface area contributed by atoms with Crippen molar-refractivity contribution in [2.75, 3.05) is 6.61 Å². The average molecular weight is 355 g/mol. The zero-order valence-corrected chi connectivity index (χ0v) is 16.2. The summed E-state index contributed by atoms with van der Waals surface area (Å²) < 4.78 is 29.0. The number of unbranched alkanes of at least 4 members (excludes halogenated alkanes) is 8. The molecule has 0 bridgehead atoms. The van der Waals surface area contributed by atoms with Crippen LogP contribution in [0, 0.1) is 0 Å².